The van der Waals surface area contributed by atoms with Crippen molar-refractivity contribution in [1.82, 2.24) is 4.90 Å². The van der Waals surface area contributed by atoms with E-state index in [2.05, 4.69) is 17.0 Å². The predicted octanol–water partition coefficient (Wildman–Crippen LogP) is 3.54. The van der Waals surface area contributed by atoms with Crippen LogP contribution in [0.4, 0.5) is 16.2 Å². The van der Waals surface area contributed by atoms with Crippen molar-refractivity contribution in [3.8, 4) is 5.75 Å². The standard InChI is InChI=1S/C20H25N3O2/c1-22(20(24)25-18-8-3-2-4-9-18)13-14-23-12-6-5-7-16-15-17(21)10-11-19(16)23/h2-4,8-11,15H,5-7,12-14,21H2,1H3. The molecule has 0 aliphatic carbocycles. The molecule has 5 nitrogen and oxygen atoms in total. The van der Waals surface area contributed by atoms with E-state index in [0.717, 1.165) is 31.6 Å². The molecule has 0 unspecified atom stereocenters. The highest BCUT2D eigenvalue weighted by atomic mass is 16.6. The third kappa shape index (κ3) is 4.44. The zero-order valence-electron chi connectivity index (χ0n) is 14.6. The largest absolute Gasteiger partial charge is 0.415 e. The van der Waals surface area contributed by atoms with Gasteiger partial charge >= 0.3 is 6.09 Å². The summed E-state index contributed by atoms with van der Waals surface area (Å²) in [7, 11) is 1.77. The lowest BCUT2D eigenvalue weighted by molar-refractivity contribution is 0.164. The number of aryl methyl sites for hydroxylation is 1. The Balaban J connectivity index is 1.60. The fourth-order valence-corrected chi connectivity index (χ4v) is 3.11. The van der Waals surface area contributed by atoms with Crippen LogP contribution in [-0.4, -0.2) is 37.7 Å². The number of fused-ring (bicyclic) bond motifs is 1. The Morgan fingerprint density at radius 1 is 1.20 bits per heavy atom. The maximum atomic E-state index is 12.2. The second kappa shape index (κ2) is 7.92. The zero-order valence-corrected chi connectivity index (χ0v) is 14.6. The van der Waals surface area contributed by atoms with Crippen molar-refractivity contribution in [3.05, 3.63) is 54.1 Å². The number of para-hydroxylation sites is 1. The van der Waals surface area contributed by atoms with Crippen LogP contribution in [0.5, 0.6) is 5.75 Å². The van der Waals surface area contributed by atoms with E-state index in [9.17, 15) is 4.79 Å². The topological polar surface area (TPSA) is 58.8 Å². The van der Waals surface area contributed by atoms with E-state index in [0.29, 0.717) is 12.3 Å². The first-order valence-electron chi connectivity index (χ1n) is 8.75. The Morgan fingerprint density at radius 3 is 2.80 bits per heavy atom. The van der Waals surface area contributed by atoms with E-state index in [1.165, 1.54) is 17.7 Å². The summed E-state index contributed by atoms with van der Waals surface area (Å²) in [5, 5.41) is 0. The van der Waals surface area contributed by atoms with Gasteiger partial charge in [0, 0.05) is 38.1 Å². The molecule has 0 saturated carbocycles. The van der Waals surface area contributed by atoms with Gasteiger partial charge in [-0.1, -0.05) is 18.2 Å². The van der Waals surface area contributed by atoms with Gasteiger partial charge in [0.2, 0.25) is 0 Å². The van der Waals surface area contributed by atoms with E-state index in [1.54, 1.807) is 24.1 Å². The highest BCUT2D eigenvalue weighted by Crippen LogP contribution is 2.28. The summed E-state index contributed by atoms with van der Waals surface area (Å²) in [5.41, 5.74) is 9.27. The molecule has 0 saturated heterocycles. The molecule has 0 atom stereocenters. The van der Waals surface area contributed by atoms with Gasteiger partial charge in [-0.2, -0.15) is 0 Å². The number of nitrogens with two attached hydrogens (primary N) is 1. The van der Waals surface area contributed by atoms with Crippen LogP contribution in [0.3, 0.4) is 0 Å². The van der Waals surface area contributed by atoms with Crippen LogP contribution in [0.2, 0.25) is 0 Å². The maximum absolute atomic E-state index is 12.2. The molecule has 5 heteroatoms. The number of hydrogen-bond donors (Lipinski definition) is 1. The molecule has 1 amide bonds. The van der Waals surface area contributed by atoms with Gasteiger partial charge in [0.15, 0.2) is 0 Å². The second-order valence-corrected chi connectivity index (χ2v) is 6.43. The second-order valence-electron chi connectivity index (χ2n) is 6.43. The molecule has 0 spiro atoms. The van der Waals surface area contributed by atoms with Crippen LogP contribution in [-0.2, 0) is 6.42 Å². The average molecular weight is 339 g/mol. The molecule has 132 valence electrons. The van der Waals surface area contributed by atoms with Crippen LogP contribution in [0.1, 0.15) is 18.4 Å². The minimum absolute atomic E-state index is 0.335. The van der Waals surface area contributed by atoms with Crippen molar-refractivity contribution < 1.29 is 9.53 Å². The Hall–Kier alpha value is -2.69. The number of carbonyl (C=O) groups is 1. The summed E-state index contributed by atoms with van der Waals surface area (Å²) in [6, 6.07) is 15.3. The molecule has 3 rings (SSSR count). The number of likely N-dealkylation sites (N-methyl/N-ethyl adjacent to an activating group) is 1. The summed E-state index contributed by atoms with van der Waals surface area (Å²) in [5.74, 6) is 0.565. The Labute approximate surface area is 149 Å². The van der Waals surface area contributed by atoms with Crippen LogP contribution in [0.25, 0.3) is 0 Å². The minimum atomic E-state index is -0.335. The number of rotatable bonds is 4. The fourth-order valence-electron chi connectivity index (χ4n) is 3.11. The van der Waals surface area contributed by atoms with Crippen molar-refractivity contribution in [2.24, 2.45) is 0 Å². The van der Waals surface area contributed by atoms with Gasteiger partial charge < -0.3 is 20.3 Å². The highest BCUT2D eigenvalue weighted by molar-refractivity contribution is 5.70. The molecule has 25 heavy (non-hydrogen) atoms. The average Bonchev–Trinajstić information content (AvgIpc) is 2.82. The van der Waals surface area contributed by atoms with Crippen molar-refractivity contribution in [2.75, 3.05) is 37.3 Å². The van der Waals surface area contributed by atoms with Crippen molar-refractivity contribution in [2.45, 2.75) is 19.3 Å². The monoisotopic (exact) mass is 339 g/mol. The van der Waals surface area contributed by atoms with Crippen molar-refractivity contribution in [1.29, 1.82) is 0 Å². The summed E-state index contributed by atoms with van der Waals surface area (Å²) >= 11 is 0. The first-order valence-corrected chi connectivity index (χ1v) is 8.75. The number of benzene rings is 2. The Morgan fingerprint density at radius 2 is 2.00 bits per heavy atom. The van der Waals surface area contributed by atoms with Gasteiger partial charge in [-0.15, -0.1) is 0 Å². The van der Waals surface area contributed by atoms with Crippen LogP contribution >= 0.6 is 0 Å². The number of ether oxygens (including phenoxy) is 1. The quantitative estimate of drug-likeness (QED) is 0.866. The lowest BCUT2D eigenvalue weighted by atomic mass is 10.1. The SMILES string of the molecule is CN(CCN1CCCCc2cc(N)ccc21)C(=O)Oc1ccccc1. The summed E-state index contributed by atoms with van der Waals surface area (Å²) in [6.45, 7) is 2.38. The molecule has 0 fully saturated rings. The number of hydrogen-bond acceptors (Lipinski definition) is 4. The van der Waals surface area contributed by atoms with E-state index in [-0.39, 0.29) is 6.09 Å². The molecule has 1 aliphatic heterocycles. The molecule has 1 aliphatic rings. The predicted molar refractivity (Wildman–Crippen MR) is 101 cm³/mol. The summed E-state index contributed by atoms with van der Waals surface area (Å²) in [6.07, 6.45) is 3.03. The number of carbonyl (C=O) groups excluding carboxylic acids is 1. The molecular formula is C20H25N3O2. The summed E-state index contributed by atoms with van der Waals surface area (Å²) < 4.78 is 5.38. The Kier molecular flexibility index (Phi) is 5.43. The lowest BCUT2D eigenvalue weighted by Gasteiger charge is -2.27. The van der Waals surface area contributed by atoms with Crippen LogP contribution in [0.15, 0.2) is 48.5 Å². The minimum Gasteiger partial charge on any atom is -0.410 e. The van der Waals surface area contributed by atoms with Crippen molar-refractivity contribution >= 4 is 17.5 Å². The van der Waals surface area contributed by atoms with Gasteiger partial charge in [-0.25, -0.2) is 4.79 Å². The number of nitrogen functional groups attached to an aromatic ring is 1. The normalized spacial score (nSPS) is 13.7. The maximum Gasteiger partial charge on any atom is 0.415 e. The Bertz CT molecular complexity index is 718. The third-order valence-corrected chi connectivity index (χ3v) is 4.53. The fraction of sp³-hybridized carbons (Fsp3) is 0.350. The molecule has 2 aromatic carbocycles. The van der Waals surface area contributed by atoms with Gasteiger partial charge in [0.1, 0.15) is 5.75 Å². The van der Waals surface area contributed by atoms with Gasteiger partial charge in [-0.05, 0) is 55.2 Å². The molecule has 1 heterocycles. The van der Waals surface area contributed by atoms with E-state index in [4.69, 9.17) is 10.5 Å². The first-order chi connectivity index (χ1) is 12.1. The number of amides is 1. The third-order valence-electron chi connectivity index (χ3n) is 4.53. The highest BCUT2D eigenvalue weighted by Gasteiger charge is 2.17. The molecule has 0 aromatic heterocycles. The molecule has 2 N–H and O–H groups in total. The van der Waals surface area contributed by atoms with Gasteiger partial charge in [-0.3, -0.25) is 0 Å². The smallest absolute Gasteiger partial charge is 0.410 e. The van der Waals surface area contributed by atoms with E-state index in [1.807, 2.05) is 24.3 Å². The van der Waals surface area contributed by atoms with Crippen LogP contribution < -0.4 is 15.4 Å². The van der Waals surface area contributed by atoms with E-state index >= 15 is 0 Å². The van der Waals surface area contributed by atoms with Gasteiger partial charge in [0.25, 0.3) is 0 Å². The van der Waals surface area contributed by atoms with Crippen molar-refractivity contribution in [3.63, 3.8) is 0 Å². The summed E-state index contributed by atoms with van der Waals surface area (Å²) in [4.78, 5) is 16.2. The molecule has 0 bridgehead atoms. The van der Waals surface area contributed by atoms with Gasteiger partial charge in [0.05, 0.1) is 0 Å². The first kappa shape index (κ1) is 17.1. The lowest BCUT2D eigenvalue weighted by Crippen LogP contribution is -2.38. The molecule has 2 aromatic rings. The zero-order chi connectivity index (χ0) is 17.6. The van der Waals surface area contributed by atoms with E-state index < -0.39 is 0 Å². The molecular weight excluding hydrogens is 314 g/mol. The molecule has 0 radical (unpaired) electrons. The van der Waals surface area contributed by atoms with Crippen LogP contribution in [0, 0.1) is 0 Å². The number of anilines is 2. The number of nitrogens with zero attached hydrogens (tertiary/aromatic N) is 2.